The maximum Gasteiger partial charge on any atom is 0.522 e. The molecule has 130 valence electrons. The third-order valence-electron chi connectivity index (χ3n) is 2.53. The number of hydrogen-bond donors (Lipinski definition) is 1. The van der Waals surface area contributed by atoms with Gasteiger partial charge in [-0.05, 0) is 24.3 Å². The third-order valence-corrected chi connectivity index (χ3v) is 3.11. The van der Waals surface area contributed by atoms with Crippen molar-refractivity contribution in [2.45, 2.75) is 5.51 Å². The number of halogens is 3. The SMILES string of the molecule is N#Cc1ccccc1Oc1ccccc1C#N.O=S(=O)(O)C(F)(F)F. The maximum atomic E-state index is 10.7. The lowest BCUT2D eigenvalue weighted by molar-refractivity contribution is -0.0510. The third kappa shape index (κ3) is 5.80. The molecular weight excluding hydrogens is 361 g/mol. The van der Waals surface area contributed by atoms with E-state index in [0.29, 0.717) is 22.6 Å². The highest BCUT2D eigenvalue weighted by molar-refractivity contribution is 7.86. The summed E-state index contributed by atoms with van der Waals surface area (Å²) in [7, 11) is -5.84. The van der Waals surface area contributed by atoms with E-state index in [9.17, 15) is 13.2 Å². The van der Waals surface area contributed by atoms with Gasteiger partial charge in [0.15, 0.2) is 0 Å². The summed E-state index contributed by atoms with van der Waals surface area (Å²) in [5, 5.41) is 17.9. The Morgan fingerprint density at radius 3 is 1.48 bits per heavy atom. The summed E-state index contributed by atoms with van der Waals surface area (Å²) in [6, 6.07) is 17.9. The van der Waals surface area contributed by atoms with Crippen molar-refractivity contribution in [1.82, 2.24) is 0 Å². The molecule has 0 heterocycles. The van der Waals surface area contributed by atoms with Gasteiger partial charge in [-0.2, -0.15) is 32.1 Å². The zero-order valence-corrected chi connectivity index (χ0v) is 13.0. The van der Waals surface area contributed by atoms with Crippen LogP contribution in [-0.4, -0.2) is 18.5 Å². The number of benzene rings is 2. The number of alkyl halides is 3. The molecule has 0 saturated carbocycles. The van der Waals surface area contributed by atoms with E-state index in [2.05, 4.69) is 0 Å². The predicted molar refractivity (Wildman–Crippen MR) is 80.0 cm³/mol. The van der Waals surface area contributed by atoms with Crippen LogP contribution in [0.3, 0.4) is 0 Å². The number of ether oxygens (including phenoxy) is 1. The summed E-state index contributed by atoms with van der Waals surface area (Å²) < 4.78 is 63.1. The van der Waals surface area contributed by atoms with Crippen LogP contribution in [0.5, 0.6) is 11.5 Å². The van der Waals surface area contributed by atoms with Crippen LogP contribution in [0.25, 0.3) is 0 Å². The first-order chi connectivity index (χ1) is 11.6. The lowest BCUT2D eigenvalue weighted by Crippen LogP contribution is -2.21. The maximum absolute atomic E-state index is 10.7. The van der Waals surface area contributed by atoms with Crippen LogP contribution < -0.4 is 4.74 Å². The molecule has 0 aromatic heterocycles. The van der Waals surface area contributed by atoms with E-state index in [-0.39, 0.29) is 0 Å². The topological polar surface area (TPSA) is 111 Å². The molecule has 0 amide bonds. The van der Waals surface area contributed by atoms with Crippen molar-refractivity contribution < 1.29 is 30.9 Å². The van der Waals surface area contributed by atoms with Gasteiger partial charge in [0.25, 0.3) is 0 Å². The van der Waals surface area contributed by atoms with Gasteiger partial charge < -0.3 is 4.74 Å². The van der Waals surface area contributed by atoms with E-state index in [1.165, 1.54) is 0 Å². The molecule has 2 rings (SSSR count). The Hall–Kier alpha value is -3.08. The number of nitriles is 2. The van der Waals surface area contributed by atoms with E-state index >= 15 is 0 Å². The molecule has 0 fully saturated rings. The van der Waals surface area contributed by atoms with Gasteiger partial charge in [-0.3, -0.25) is 4.55 Å². The molecule has 0 saturated heterocycles. The quantitative estimate of drug-likeness (QED) is 0.638. The van der Waals surface area contributed by atoms with Crippen molar-refractivity contribution >= 4 is 10.1 Å². The van der Waals surface area contributed by atoms with Crippen LogP contribution in [0.15, 0.2) is 48.5 Å². The average molecular weight is 370 g/mol. The van der Waals surface area contributed by atoms with Crippen molar-refractivity contribution in [3.05, 3.63) is 59.7 Å². The van der Waals surface area contributed by atoms with Crippen LogP contribution in [-0.2, 0) is 10.1 Å². The normalized spacial score (nSPS) is 10.6. The molecule has 0 atom stereocenters. The zero-order chi connectivity index (χ0) is 19.1. The minimum Gasteiger partial charge on any atom is -0.455 e. The molecule has 1 N–H and O–H groups in total. The summed E-state index contributed by atoms with van der Waals surface area (Å²) in [5.74, 6) is 0.912. The molecule has 10 heteroatoms. The Morgan fingerprint density at radius 1 is 0.880 bits per heavy atom. The molecule has 0 spiro atoms. The molecule has 0 aliphatic heterocycles. The van der Waals surface area contributed by atoms with Crippen molar-refractivity contribution in [2.24, 2.45) is 0 Å². The lowest BCUT2D eigenvalue weighted by Gasteiger charge is -2.07. The summed E-state index contributed by atoms with van der Waals surface area (Å²) in [5.41, 5.74) is -4.65. The zero-order valence-electron chi connectivity index (χ0n) is 12.2. The van der Waals surface area contributed by atoms with E-state index in [4.69, 9.17) is 28.2 Å². The first-order valence-electron chi connectivity index (χ1n) is 6.30. The standard InChI is InChI=1S/C14H8N2O.CHF3O3S/c15-9-11-5-1-3-7-13(11)17-14-8-4-2-6-12(14)10-16;2-1(3,4)8(5,6)7/h1-8H;(H,5,6,7). The largest absolute Gasteiger partial charge is 0.522 e. The highest BCUT2D eigenvalue weighted by atomic mass is 32.2. The molecule has 0 unspecified atom stereocenters. The van der Waals surface area contributed by atoms with Gasteiger partial charge in [0, 0.05) is 0 Å². The Labute approximate surface area is 141 Å². The smallest absolute Gasteiger partial charge is 0.455 e. The van der Waals surface area contributed by atoms with Gasteiger partial charge in [0.05, 0.1) is 11.1 Å². The van der Waals surface area contributed by atoms with Crippen molar-refractivity contribution in [3.63, 3.8) is 0 Å². The van der Waals surface area contributed by atoms with Crippen molar-refractivity contribution in [1.29, 1.82) is 10.5 Å². The van der Waals surface area contributed by atoms with Gasteiger partial charge in [0.1, 0.15) is 23.6 Å². The molecule has 6 nitrogen and oxygen atoms in total. The molecule has 25 heavy (non-hydrogen) atoms. The molecular formula is C15H9F3N2O4S. The predicted octanol–water partition coefficient (Wildman–Crippen LogP) is 3.62. The van der Waals surface area contributed by atoms with Gasteiger partial charge in [-0.25, -0.2) is 0 Å². The summed E-state index contributed by atoms with van der Waals surface area (Å²) in [4.78, 5) is 0. The number of hydrogen-bond acceptors (Lipinski definition) is 5. The van der Waals surface area contributed by atoms with Crippen LogP contribution >= 0.6 is 0 Å². The van der Waals surface area contributed by atoms with E-state index in [0.717, 1.165) is 0 Å². The Kier molecular flexibility index (Phi) is 6.51. The van der Waals surface area contributed by atoms with Crippen LogP contribution in [0.2, 0.25) is 0 Å². The van der Waals surface area contributed by atoms with Crippen LogP contribution in [0, 0.1) is 22.7 Å². The molecule has 0 aliphatic rings. The number of rotatable bonds is 2. The minimum atomic E-state index is -5.84. The van der Waals surface area contributed by atoms with Gasteiger partial charge >= 0.3 is 15.6 Å². The highest BCUT2D eigenvalue weighted by Crippen LogP contribution is 2.27. The molecule has 2 aromatic rings. The van der Waals surface area contributed by atoms with Crippen LogP contribution in [0.4, 0.5) is 13.2 Å². The van der Waals surface area contributed by atoms with E-state index < -0.39 is 15.6 Å². The molecule has 0 bridgehead atoms. The lowest BCUT2D eigenvalue weighted by atomic mass is 10.2. The monoisotopic (exact) mass is 370 g/mol. The molecule has 0 radical (unpaired) electrons. The second-order valence-electron chi connectivity index (χ2n) is 4.24. The first-order valence-corrected chi connectivity index (χ1v) is 7.74. The van der Waals surface area contributed by atoms with E-state index in [1.54, 1.807) is 48.5 Å². The van der Waals surface area contributed by atoms with Gasteiger partial charge in [0.2, 0.25) is 0 Å². The van der Waals surface area contributed by atoms with Crippen molar-refractivity contribution in [3.8, 4) is 23.6 Å². The molecule has 0 aliphatic carbocycles. The second-order valence-corrected chi connectivity index (χ2v) is 5.65. The fraction of sp³-hybridized carbons (Fsp3) is 0.0667. The Bertz CT molecular complexity index is 873. The van der Waals surface area contributed by atoms with Gasteiger partial charge in [-0.1, -0.05) is 24.3 Å². The molecule has 2 aromatic carbocycles. The van der Waals surface area contributed by atoms with Gasteiger partial charge in [-0.15, -0.1) is 0 Å². The Morgan fingerprint density at radius 2 is 1.20 bits per heavy atom. The Balaban J connectivity index is 0.000000333. The number of para-hydroxylation sites is 2. The van der Waals surface area contributed by atoms with Crippen LogP contribution in [0.1, 0.15) is 11.1 Å². The fourth-order valence-corrected chi connectivity index (χ4v) is 1.41. The summed E-state index contributed by atoms with van der Waals surface area (Å²) >= 11 is 0. The minimum absolute atomic E-state index is 0.445. The first kappa shape index (κ1) is 20.0. The fourth-order valence-electron chi connectivity index (χ4n) is 1.41. The van der Waals surface area contributed by atoms with Crippen molar-refractivity contribution in [2.75, 3.05) is 0 Å². The average Bonchev–Trinajstić information content (AvgIpc) is 2.54. The highest BCUT2D eigenvalue weighted by Gasteiger charge is 2.44. The summed E-state index contributed by atoms with van der Waals surface area (Å²) in [6.07, 6.45) is 0. The van der Waals surface area contributed by atoms with E-state index in [1.807, 2.05) is 12.1 Å². The summed E-state index contributed by atoms with van der Waals surface area (Å²) in [6.45, 7) is 0. The number of nitrogens with zero attached hydrogens (tertiary/aromatic N) is 2. The second kappa shape index (κ2) is 8.15.